The molecule has 0 aliphatic carbocycles. The fourth-order valence-corrected chi connectivity index (χ4v) is 4.27. The Labute approximate surface area is 193 Å². The molecule has 0 bridgehead atoms. The number of carbonyl (C=O) groups is 1. The molecule has 176 valence electrons. The fraction of sp³-hybridized carbons (Fsp3) is 0.615. The van der Waals surface area contributed by atoms with E-state index in [-0.39, 0.29) is 12.1 Å². The third-order valence-electron chi connectivity index (χ3n) is 6.10. The number of carbonyl (C=O) groups excluding carboxylic acids is 1. The van der Waals surface area contributed by atoms with E-state index in [4.69, 9.17) is 4.74 Å². The first kappa shape index (κ1) is 24.3. The van der Waals surface area contributed by atoms with Gasteiger partial charge in [0.2, 0.25) is 0 Å². The molecule has 1 fully saturated rings. The number of likely N-dealkylation sites (tertiary alicyclic amines) is 1. The lowest BCUT2D eigenvalue weighted by Gasteiger charge is -2.32. The van der Waals surface area contributed by atoms with E-state index in [0.717, 1.165) is 69.5 Å². The van der Waals surface area contributed by atoms with E-state index in [2.05, 4.69) is 52.6 Å². The van der Waals surface area contributed by atoms with Gasteiger partial charge in [-0.2, -0.15) is 0 Å². The van der Waals surface area contributed by atoms with E-state index >= 15 is 0 Å². The van der Waals surface area contributed by atoms with Crippen LogP contribution < -0.4 is 15.4 Å². The van der Waals surface area contributed by atoms with E-state index in [0.29, 0.717) is 6.54 Å². The predicted molar refractivity (Wildman–Crippen MR) is 131 cm³/mol. The number of benzene rings is 1. The Morgan fingerprint density at radius 1 is 1.09 bits per heavy atom. The zero-order chi connectivity index (χ0) is 22.6. The maximum atomic E-state index is 11.6. The van der Waals surface area contributed by atoms with Gasteiger partial charge in [-0.05, 0) is 68.8 Å². The molecule has 6 heteroatoms. The molecule has 1 aliphatic rings. The topological polar surface area (TPSA) is 66.5 Å². The number of rotatable bonds is 12. The quantitative estimate of drug-likeness (QED) is 0.460. The van der Waals surface area contributed by atoms with Crippen LogP contribution in [0.1, 0.15) is 64.4 Å². The van der Waals surface area contributed by atoms with Gasteiger partial charge < -0.3 is 20.3 Å². The van der Waals surface area contributed by atoms with Crippen LogP contribution in [-0.4, -0.2) is 54.7 Å². The minimum Gasteiger partial charge on any atom is -0.488 e. The summed E-state index contributed by atoms with van der Waals surface area (Å²) in [7, 11) is 0. The zero-order valence-corrected chi connectivity index (χ0v) is 19.9. The van der Waals surface area contributed by atoms with Crippen molar-refractivity contribution in [2.75, 3.05) is 32.7 Å². The van der Waals surface area contributed by atoms with Crippen molar-refractivity contribution in [2.24, 2.45) is 0 Å². The molecule has 6 nitrogen and oxygen atoms in total. The van der Waals surface area contributed by atoms with Crippen LogP contribution in [0.25, 0.3) is 10.9 Å². The van der Waals surface area contributed by atoms with Crippen molar-refractivity contribution in [3.63, 3.8) is 0 Å². The van der Waals surface area contributed by atoms with Crippen molar-refractivity contribution >= 4 is 16.9 Å². The minimum absolute atomic E-state index is 0.0586. The summed E-state index contributed by atoms with van der Waals surface area (Å²) in [6.07, 6.45) is 10.9. The smallest absolute Gasteiger partial charge is 0.314 e. The molecule has 2 amide bonds. The number of ether oxygens (including phenoxy) is 1. The van der Waals surface area contributed by atoms with Crippen LogP contribution in [0.5, 0.6) is 5.75 Å². The molecule has 1 aromatic heterocycles. The van der Waals surface area contributed by atoms with Crippen LogP contribution in [-0.2, 0) is 6.42 Å². The molecule has 1 aliphatic heterocycles. The van der Waals surface area contributed by atoms with Crippen molar-refractivity contribution in [2.45, 2.75) is 71.3 Å². The van der Waals surface area contributed by atoms with Gasteiger partial charge in [-0.15, -0.1) is 0 Å². The summed E-state index contributed by atoms with van der Waals surface area (Å²) in [4.78, 5) is 18.7. The molecular formula is C26H40N4O2. The molecule has 0 unspecified atom stereocenters. The normalized spacial score (nSPS) is 15.1. The second-order valence-corrected chi connectivity index (χ2v) is 8.82. The third kappa shape index (κ3) is 7.66. The first-order chi connectivity index (χ1) is 15.7. The lowest BCUT2D eigenvalue weighted by Crippen LogP contribution is -2.40. The standard InChI is InChI=1S/C26H40N4O2/c1-3-5-6-9-21-19-22-10-7-14-27-25(22)24(20-21)32-23-11-17-30(18-12-23)16-8-15-29-26(31)28-13-4-2/h7,10,14,19-20,23H,3-6,8-9,11-13,15-18H2,1-2H3,(H2,28,29,31). The first-order valence-electron chi connectivity index (χ1n) is 12.5. The number of amides is 2. The summed E-state index contributed by atoms with van der Waals surface area (Å²) in [6, 6.07) is 8.56. The summed E-state index contributed by atoms with van der Waals surface area (Å²) >= 11 is 0. The Balaban J connectivity index is 1.46. The van der Waals surface area contributed by atoms with Crippen LogP contribution in [0, 0.1) is 0 Å². The predicted octanol–water partition coefficient (Wildman–Crippen LogP) is 4.91. The van der Waals surface area contributed by atoms with Gasteiger partial charge >= 0.3 is 6.03 Å². The van der Waals surface area contributed by atoms with Crippen LogP contribution >= 0.6 is 0 Å². The summed E-state index contributed by atoms with van der Waals surface area (Å²) < 4.78 is 6.50. The highest BCUT2D eigenvalue weighted by molar-refractivity contribution is 5.85. The second kappa shape index (κ2) is 13.3. The Kier molecular flexibility index (Phi) is 10.1. The number of hydrogen-bond donors (Lipinski definition) is 2. The average molecular weight is 441 g/mol. The van der Waals surface area contributed by atoms with Gasteiger partial charge in [0, 0.05) is 37.8 Å². The zero-order valence-electron chi connectivity index (χ0n) is 19.9. The molecule has 32 heavy (non-hydrogen) atoms. The average Bonchev–Trinajstić information content (AvgIpc) is 2.82. The molecule has 0 atom stereocenters. The molecule has 3 rings (SSSR count). The van der Waals surface area contributed by atoms with Crippen LogP contribution in [0.3, 0.4) is 0 Å². The van der Waals surface area contributed by atoms with E-state index in [1.807, 2.05) is 12.3 Å². The van der Waals surface area contributed by atoms with Gasteiger partial charge in [0.25, 0.3) is 0 Å². The number of fused-ring (bicyclic) bond motifs is 1. The van der Waals surface area contributed by atoms with Crippen LogP contribution in [0.15, 0.2) is 30.5 Å². The van der Waals surface area contributed by atoms with E-state index in [1.54, 1.807) is 0 Å². The number of piperidine rings is 1. The monoisotopic (exact) mass is 440 g/mol. The molecule has 1 aromatic carbocycles. The number of unbranched alkanes of at least 4 members (excludes halogenated alkanes) is 2. The van der Waals surface area contributed by atoms with Crippen molar-refractivity contribution in [3.05, 3.63) is 36.0 Å². The van der Waals surface area contributed by atoms with E-state index < -0.39 is 0 Å². The molecule has 2 aromatic rings. The van der Waals surface area contributed by atoms with Gasteiger partial charge in [0.15, 0.2) is 0 Å². The Bertz CT molecular complexity index is 834. The SMILES string of the molecule is CCCCCc1cc(OC2CCN(CCCNC(=O)NCCC)CC2)c2ncccc2c1. The van der Waals surface area contributed by atoms with Gasteiger partial charge in [-0.25, -0.2) is 4.79 Å². The van der Waals surface area contributed by atoms with Gasteiger partial charge in [0.05, 0.1) is 0 Å². The highest BCUT2D eigenvalue weighted by Crippen LogP contribution is 2.29. The number of aromatic nitrogens is 1. The molecule has 0 spiro atoms. The Hall–Kier alpha value is -2.34. The third-order valence-corrected chi connectivity index (χ3v) is 6.10. The molecule has 0 saturated carbocycles. The van der Waals surface area contributed by atoms with Crippen molar-refractivity contribution < 1.29 is 9.53 Å². The van der Waals surface area contributed by atoms with E-state index in [1.165, 1.54) is 30.2 Å². The lowest BCUT2D eigenvalue weighted by atomic mass is 10.0. The van der Waals surface area contributed by atoms with Crippen LogP contribution in [0.2, 0.25) is 0 Å². The highest BCUT2D eigenvalue weighted by atomic mass is 16.5. The first-order valence-corrected chi connectivity index (χ1v) is 12.5. The Morgan fingerprint density at radius 2 is 1.91 bits per heavy atom. The second-order valence-electron chi connectivity index (χ2n) is 8.82. The number of nitrogens with one attached hydrogen (secondary N) is 2. The molecule has 1 saturated heterocycles. The number of urea groups is 1. The minimum atomic E-state index is -0.0586. The molecular weight excluding hydrogens is 400 g/mol. The maximum Gasteiger partial charge on any atom is 0.314 e. The highest BCUT2D eigenvalue weighted by Gasteiger charge is 2.21. The van der Waals surface area contributed by atoms with Crippen LogP contribution in [0.4, 0.5) is 4.79 Å². The number of pyridine rings is 1. The molecule has 2 heterocycles. The number of nitrogens with zero attached hydrogens (tertiary/aromatic N) is 2. The summed E-state index contributed by atoms with van der Waals surface area (Å²) in [6.45, 7) is 8.82. The number of aryl methyl sites for hydroxylation is 1. The lowest BCUT2D eigenvalue weighted by molar-refractivity contribution is 0.101. The van der Waals surface area contributed by atoms with Crippen molar-refractivity contribution in [1.82, 2.24) is 20.5 Å². The maximum absolute atomic E-state index is 11.6. The summed E-state index contributed by atoms with van der Waals surface area (Å²) in [5.74, 6) is 0.940. The van der Waals surface area contributed by atoms with Gasteiger partial charge in [-0.3, -0.25) is 4.98 Å². The largest absolute Gasteiger partial charge is 0.488 e. The molecule has 0 radical (unpaired) electrons. The summed E-state index contributed by atoms with van der Waals surface area (Å²) in [5, 5.41) is 6.95. The van der Waals surface area contributed by atoms with Gasteiger partial charge in [0.1, 0.15) is 17.4 Å². The van der Waals surface area contributed by atoms with Crippen molar-refractivity contribution in [3.8, 4) is 5.75 Å². The Morgan fingerprint density at radius 3 is 2.69 bits per heavy atom. The summed E-state index contributed by atoms with van der Waals surface area (Å²) in [5.41, 5.74) is 2.32. The molecule has 2 N–H and O–H groups in total. The van der Waals surface area contributed by atoms with E-state index in [9.17, 15) is 4.79 Å². The van der Waals surface area contributed by atoms with Crippen molar-refractivity contribution in [1.29, 1.82) is 0 Å². The van der Waals surface area contributed by atoms with Gasteiger partial charge in [-0.1, -0.05) is 32.8 Å². The number of hydrogen-bond acceptors (Lipinski definition) is 4. The fourth-order valence-electron chi connectivity index (χ4n) is 4.27.